The Hall–Kier alpha value is -4.53. The Morgan fingerprint density at radius 3 is 2.52 bits per heavy atom. The van der Waals surface area contributed by atoms with Gasteiger partial charge in [0.15, 0.2) is 12.4 Å². The SMILES string of the molecule is O=C(COc1ccccc1[N+](=O)[O-])Nc1ccc(-c2nc3ccccc3c(=O)o2)cc1. The van der Waals surface area contributed by atoms with Crippen LogP contribution < -0.4 is 15.7 Å². The number of fused-ring (bicyclic) bond motifs is 1. The van der Waals surface area contributed by atoms with Gasteiger partial charge in [0.25, 0.3) is 5.91 Å². The van der Waals surface area contributed by atoms with Crippen LogP contribution in [0.3, 0.4) is 0 Å². The summed E-state index contributed by atoms with van der Waals surface area (Å²) in [6.45, 7) is -0.395. The van der Waals surface area contributed by atoms with Gasteiger partial charge in [0.1, 0.15) is 0 Å². The van der Waals surface area contributed by atoms with Gasteiger partial charge in [0.2, 0.25) is 5.89 Å². The Morgan fingerprint density at radius 2 is 1.74 bits per heavy atom. The van der Waals surface area contributed by atoms with Gasteiger partial charge in [-0.25, -0.2) is 9.78 Å². The summed E-state index contributed by atoms with van der Waals surface area (Å²) in [5, 5.41) is 14.0. The van der Waals surface area contributed by atoms with Crippen LogP contribution in [0.2, 0.25) is 0 Å². The zero-order valence-corrected chi connectivity index (χ0v) is 16.0. The Bertz CT molecular complexity index is 1330. The van der Waals surface area contributed by atoms with E-state index in [1.165, 1.54) is 18.2 Å². The van der Waals surface area contributed by atoms with Crippen molar-refractivity contribution < 1.29 is 18.9 Å². The molecule has 0 spiro atoms. The van der Waals surface area contributed by atoms with Crippen LogP contribution in [0.5, 0.6) is 5.75 Å². The van der Waals surface area contributed by atoms with Crippen molar-refractivity contribution in [1.82, 2.24) is 4.98 Å². The lowest BCUT2D eigenvalue weighted by Crippen LogP contribution is -2.20. The number of nitrogens with one attached hydrogen (secondary N) is 1. The summed E-state index contributed by atoms with van der Waals surface area (Å²) < 4.78 is 10.6. The Balaban J connectivity index is 1.44. The molecule has 1 amide bonds. The van der Waals surface area contributed by atoms with Gasteiger partial charge in [-0.05, 0) is 42.5 Å². The molecule has 1 aromatic heterocycles. The number of aromatic nitrogens is 1. The predicted molar refractivity (Wildman–Crippen MR) is 113 cm³/mol. The average molecular weight is 417 g/mol. The van der Waals surface area contributed by atoms with Gasteiger partial charge in [-0.15, -0.1) is 0 Å². The quantitative estimate of drug-likeness (QED) is 0.374. The smallest absolute Gasteiger partial charge is 0.347 e. The number of ether oxygens (including phenoxy) is 1. The fourth-order valence-electron chi connectivity index (χ4n) is 2.91. The van der Waals surface area contributed by atoms with Crippen molar-refractivity contribution in [3.05, 3.63) is 93.3 Å². The van der Waals surface area contributed by atoms with Crippen LogP contribution in [0.25, 0.3) is 22.4 Å². The van der Waals surface area contributed by atoms with Crippen LogP contribution >= 0.6 is 0 Å². The fourth-order valence-corrected chi connectivity index (χ4v) is 2.91. The second kappa shape index (κ2) is 8.46. The van der Waals surface area contributed by atoms with E-state index in [0.717, 1.165) is 0 Å². The number of nitro groups is 1. The molecule has 1 N–H and O–H groups in total. The van der Waals surface area contributed by atoms with Crippen LogP contribution in [0.4, 0.5) is 11.4 Å². The molecular weight excluding hydrogens is 402 g/mol. The Kier molecular flexibility index (Phi) is 5.39. The number of anilines is 1. The maximum absolute atomic E-state index is 12.1. The van der Waals surface area contributed by atoms with Crippen molar-refractivity contribution in [3.8, 4) is 17.2 Å². The highest BCUT2D eigenvalue weighted by molar-refractivity contribution is 5.92. The minimum atomic E-state index is -0.578. The van der Waals surface area contributed by atoms with Crippen molar-refractivity contribution in [2.45, 2.75) is 0 Å². The number of amides is 1. The van der Waals surface area contributed by atoms with E-state index in [-0.39, 0.29) is 17.3 Å². The first kappa shape index (κ1) is 19.8. The number of nitro benzene ring substituents is 1. The lowest BCUT2D eigenvalue weighted by atomic mass is 10.2. The molecule has 0 saturated heterocycles. The van der Waals surface area contributed by atoms with E-state index in [1.54, 1.807) is 54.6 Å². The summed E-state index contributed by atoms with van der Waals surface area (Å²) in [5.74, 6) is -0.307. The first-order chi connectivity index (χ1) is 15.0. The van der Waals surface area contributed by atoms with Gasteiger partial charge in [-0.1, -0.05) is 24.3 Å². The molecule has 154 valence electrons. The Labute approximate surface area is 175 Å². The van der Waals surface area contributed by atoms with Gasteiger partial charge in [0.05, 0.1) is 15.8 Å². The molecule has 0 aliphatic carbocycles. The minimum Gasteiger partial charge on any atom is -0.477 e. The highest BCUT2D eigenvalue weighted by Gasteiger charge is 2.15. The van der Waals surface area contributed by atoms with E-state index >= 15 is 0 Å². The number of hydrogen-bond acceptors (Lipinski definition) is 7. The fraction of sp³-hybridized carbons (Fsp3) is 0.0455. The van der Waals surface area contributed by atoms with Crippen LogP contribution in [-0.2, 0) is 4.79 Å². The summed E-state index contributed by atoms with van der Waals surface area (Å²) in [6.07, 6.45) is 0. The predicted octanol–water partition coefficient (Wildman–Crippen LogP) is 3.78. The standard InChI is InChI=1S/C22H15N3O6/c26-20(13-30-19-8-4-3-7-18(19)25(28)29)23-15-11-9-14(10-12-15)21-24-17-6-2-1-5-16(17)22(27)31-21/h1-12H,13H2,(H,23,26). The monoisotopic (exact) mass is 417 g/mol. The van der Waals surface area contributed by atoms with Gasteiger partial charge in [-0.3, -0.25) is 14.9 Å². The van der Waals surface area contributed by atoms with Gasteiger partial charge >= 0.3 is 11.3 Å². The van der Waals surface area contributed by atoms with Gasteiger partial charge in [0, 0.05) is 17.3 Å². The molecule has 0 radical (unpaired) electrons. The maximum Gasteiger partial charge on any atom is 0.347 e. The van der Waals surface area contributed by atoms with Gasteiger partial charge < -0.3 is 14.5 Å². The number of carbonyl (C=O) groups excluding carboxylic acids is 1. The molecule has 0 atom stereocenters. The first-order valence-electron chi connectivity index (χ1n) is 9.17. The van der Waals surface area contributed by atoms with Crippen molar-refractivity contribution in [2.75, 3.05) is 11.9 Å². The molecule has 0 unspecified atom stereocenters. The summed E-state index contributed by atoms with van der Waals surface area (Å²) in [4.78, 5) is 39.0. The number of carbonyl (C=O) groups is 1. The lowest BCUT2D eigenvalue weighted by Gasteiger charge is -2.08. The van der Waals surface area contributed by atoms with Crippen molar-refractivity contribution in [2.24, 2.45) is 0 Å². The second-order valence-electron chi connectivity index (χ2n) is 6.46. The van der Waals surface area contributed by atoms with Crippen LogP contribution in [0.1, 0.15) is 0 Å². The van der Waals surface area contributed by atoms with Crippen LogP contribution in [0.15, 0.2) is 82.0 Å². The van der Waals surface area contributed by atoms with Crippen molar-refractivity contribution in [1.29, 1.82) is 0 Å². The molecule has 1 heterocycles. The molecule has 9 nitrogen and oxygen atoms in total. The van der Waals surface area contributed by atoms with Crippen molar-refractivity contribution >= 4 is 28.2 Å². The maximum atomic E-state index is 12.1. The highest BCUT2D eigenvalue weighted by Crippen LogP contribution is 2.26. The molecule has 0 fully saturated rings. The van der Waals surface area contributed by atoms with Gasteiger partial charge in [-0.2, -0.15) is 0 Å². The molecule has 0 aliphatic heterocycles. The minimum absolute atomic E-state index is 0.00963. The third-order valence-electron chi connectivity index (χ3n) is 4.37. The molecule has 0 bridgehead atoms. The van der Waals surface area contributed by atoms with E-state index in [9.17, 15) is 19.7 Å². The molecule has 31 heavy (non-hydrogen) atoms. The van der Waals surface area contributed by atoms with Crippen molar-refractivity contribution in [3.63, 3.8) is 0 Å². The summed E-state index contributed by atoms with van der Waals surface area (Å²) >= 11 is 0. The first-order valence-corrected chi connectivity index (χ1v) is 9.17. The van der Waals surface area contributed by atoms with E-state index in [0.29, 0.717) is 22.2 Å². The van der Waals surface area contributed by atoms with E-state index in [1.807, 2.05) is 0 Å². The number of benzene rings is 3. The molecule has 3 aromatic carbocycles. The van der Waals surface area contributed by atoms with Crippen LogP contribution in [-0.4, -0.2) is 22.4 Å². The topological polar surface area (TPSA) is 125 Å². The zero-order chi connectivity index (χ0) is 21.8. The molecule has 9 heteroatoms. The Morgan fingerprint density at radius 1 is 1.03 bits per heavy atom. The van der Waals surface area contributed by atoms with E-state index < -0.39 is 23.1 Å². The third kappa shape index (κ3) is 4.40. The van der Waals surface area contributed by atoms with E-state index in [4.69, 9.17) is 9.15 Å². The number of rotatable bonds is 6. The lowest BCUT2D eigenvalue weighted by molar-refractivity contribution is -0.385. The average Bonchev–Trinajstić information content (AvgIpc) is 2.78. The number of para-hydroxylation sites is 3. The highest BCUT2D eigenvalue weighted by atomic mass is 16.6. The van der Waals surface area contributed by atoms with Crippen LogP contribution in [0, 0.1) is 10.1 Å². The molecule has 0 saturated carbocycles. The normalized spacial score (nSPS) is 10.6. The summed E-state index contributed by atoms with van der Waals surface area (Å²) in [6, 6.07) is 19.2. The molecule has 4 aromatic rings. The molecule has 4 rings (SSSR count). The number of nitrogens with zero attached hydrogens (tertiary/aromatic N) is 2. The molecular formula is C22H15N3O6. The second-order valence-corrected chi connectivity index (χ2v) is 6.46. The molecule has 0 aliphatic rings. The summed E-state index contributed by atoms with van der Waals surface area (Å²) in [7, 11) is 0. The number of hydrogen-bond donors (Lipinski definition) is 1. The summed E-state index contributed by atoms with van der Waals surface area (Å²) in [5.41, 5.74) is 0.868. The van der Waals surface area contributed by atoms with E-state index in [2.05, 4.69) is 10.3 Å². The third-order valence-corrected chi connectivity index (χ3v) is 4.37. The largest absolute Gasteiger partial charge is 0.477 e. The zero-order valence-electron chi connectivity index (χ0n) is 16.0.